The van der Waals surface area contributed by atoms with E-state index in [1.807, 2.05) is 12.3 Å². The summed E-state index contributed by atoms with van der Waals surface area (Å²) in [4.78, 5) is 9.30. The van der Waals surface area contributed by atoms with Gasteiger partial charge in [0.15, 0.2) is 0 Å². The molecule has 0 saturated carbocycles. The third kappa shape index (κ3) is 4.54. The number of methoxy groups -OCH3 is 1. The lowest BCUT2D eigenvalue weighted by Gasteiger charge is -2.22. The smallest absolute Gasteiger partial charge is 0.0589 e. The molecule has 1 unspecified atom stereocenters. The maximum Gasteiger partial charge on any atom is 0.0589 e. The molecule has 1 aromatic rings. The standard InChI is InChI=1S/C16H27N3O/c1-14-16(5-4-7-17-14)13-18(2)11-15-6-8-19(12-15)9-10-20-3/h4-5,7,15H,6,8-13H2,1-3H3. The summed E-state index contributed by atoms with van der Waals surface area (Å²) < 4.78 is 5.15. The van der Waals surface area contributed by atoms with Crippen LogP contribution in [0.4, 0.5) is 0 Å². The van der Waals surface area contributed by atoms with E-state index >= 15 is 0 Å². The van der Waals surface area contributed by atoms with Crippen LogP contribution in [0.25, 0.3) is 0 Å². The second kappa shape index (κ2) is 7.72. The highest BCUT2D eigenvalue weighted by Gasteiger charge is 2.23. The zero-order valence-electron chi connectivity index (χ0n) is 13.0. The molecule has 4 heteroatoms. The van der Waals surface area contributed by atoms with Gasteiger partial charge in [0.05, 0.1) is 6.61 Å². The first-order valence-corrected chi connectivity index (χ1v) is 7.49. The minimum Gasteiger partial charge on any atom is -0.383 e. The SMILES string of the molecule is COCCN1CCC(CN(C)Cc2cccnc2C)C1. The summed E-state index contributed by atoms with van der Waals surface area (Å²) in [5, 5.41) is 0. The molecule has 1 aliphatic heterocycles. The van der Waals surface area contributed by atoms with Crippen molar-refractivity contribution in [3.8, 4) is 0 Å². The summed E-state index contributed by atoms with van der Waals surface area (Å²) in [5.41, 5.74) is 2.48. The number of likely N-dealkylation sites (tertiary alicyclic amines) is 1. The molecule has 4 nitrogen and oxygen atoms in total. The van der Waals surface area contributed by atoms with Crippen LogP contribution < -0.4 is 0 Å². The highest BCUT2D eigenvalue weighted by atomic mass is 16.5. The van der Waals surface area contributed by atoms with Crippen molar-refractivity contribution in [2.24, 2.45) is 5.92 Å². The molecule has 2 rings (SSSR count). The van der Waals surface area contributed by atoms with Gasteiger partial charge in [-0.1, -0.05) is 6.07 Å². The first-order valence-electron chi connectivity index (χ1n) is 7.49. The summed E-state index contributed by atoms with van der Waals surface area (Å²) in [7, 11) is 3.99. The second-order valence-corrected chi connectivity index (χ2v) is 5.89. The van der Waals surface area contributed by atoms with Gasteiger partial charge in [0.2, 0.25) is 0 Å². The molecule has 0 aliphatic carbocycles. The maximum atomic E-state index is 5.15. The summed E-state index contributed by atoms with van der Waals surface area (Å²) in [5.74, 6) is 0.786. The van der Waals surface area contributed by atoms with Crippen LogP contribution in [0.5, 0.6) is 0 Å². The average Bonchev–Trinajstić information content (AvgIpc) is 2.86. The molecule has 0 spiro atoms. The minimum atomic E-state index is 0.786. The van der Waals surface area contributed by atoms with Gasteiger partial charge in [0, 0.05) is 45.2 Å². The molecule has 0 amide bonds. The van der Waals surface area contributed by atoms with E-state index in [9.17, 15) is 0 Å². The Labute approximate surface area is 122 Å². The van der Waals surface area contributed by atoms with Crippen LogP contribution in [0.1, 0.15) is 17.7 Å². The van der Waals surface area contributed by atoms with Crippen molar-refractivity contribution >= 4 is 0 Å². The predicted molar refractivity (Wildman–Crippen MR) is 81.7 cm³/mol. The summed E-state index contributed by atoms with van der Waals surface area (Å²) in [6, 6.07) is 4.20. The Morgan fingerprint density at radius 3 is 3.10 bits per heavy atom. The second-order valence-electron chi connectivity index (χ2n) is 5.89. The van der Waals surface area contributed by atoms with Crippen molar-refractivity contribution in [2.75, 3.05) is 46.9 Å². The molecular weight excluding hydrogens is 250 g/mol. The number of ether oxygens (including phenoxy) is 1. The maximum absolute atomic E-state index is 5.15. The molecular formula is C16H27N3O. The van der Waals surface area contributed by atoms with Crippen LogP contribution >= 0.6 is 0 Å². The first kappa shape index (κ1) is 15.4. The third-order valence-electron chi connectivity index (χ3n) is 4.11. The van der Waals surface area contributed by atoms with Crippen LogP contribution in [0.3, 0.4) is 0 Å². The Morgan fingerprint density at radius 1 is 1.50 bits per heavy atom. The van der Waals surface area contributed by atoms with Crippen molar-refractivity contribution in [1.82, 2.24) is 14.8 Å². The van der Waals surface area contributed by atoms with E-state index in [4.69, 9.17) is 4.74 Å². The van der Waals surface area contributed by atoms with Gasteiger partial charge in [-0.15, -0.1) is 0 Å². The van der Waals surface area contributed by atoms with Gasteiger partial charge >= 0.3 is 0 Å². The van der Waals surface area contributed by atoms with Gasteiger partial charge in [0.25, 0.3) is 0 Å². The van der Waals surface area contributed by atoms with Crippen molar-refractivity contribution in [2.45, 2.75) is 19.9 Å². The van der Waals surface area contributed by atoms with Crippen LogP contribution in [-0.4, -0.2) is 61.7 Å². The molecule has 0 N–H and O–H groups in total. The monoisotopic (exact) mass is 277 g/mol. The van der Waals surface area contributed by atoms with Crippen LogP contribution in [-0.2, 0) is 11.3 Å². The van der Waals surface area contributed by atoms with Gasteiger partial charge in [0.1, 0.15) is 0 Å². The molecule has 1 aromatic heterocycles. The quantitative estimate of drug-likeness (QED) is 0.760. The van der Waals surface area contributed by atoms with Crippen molar-refractivity contribution in [3.63, 3.8) is 0 Å². The van der Waals surface area contributed by atoms with Crippen molar-refractivity contribution < 1.29 is 4.74 Å². The molecule has 2 heterocycles. The highest BCUT2D eigenvalue weighted by Crippen LogP contribution is 2.18. The Kier molecular flexibility index (Phi) is 5.95. The van der Waals surface area contributed by atoms with Gasteiger partial charge in [-0.05, 0) is 44.5 Å². The fourth-order valence-electron chi connectivity index (χ4n) is 2.97. The summed E-state index contributed by atoms with van der Waals surface area (Å²) in [6.45, 7) is 8.58. The van der Waals surface area contributed by atoms with E-state index in [2.05, 4.69) is 34.8 Å². The highest BCUT2D eigenvalue weighted by molar-refractivity contribution is 5.17. The molecule has 1 atom stereocenters. The number of aryl methyl sites for hydroxylation is 1. The topological polar surface area (TPSA) is 28.6 Å². The average molecular weight is 277 g/mol. The molecule has 1 fully saturated rings. The Morgan fingerprint density at radius 2 is 2.35 bits per heavy atom. The van der Waals surface area contributed by atoms with Crippen molar-refractivity contribution in [1.29, 1.82) is 0 Å². The third-order valence-corrected chi connectivity index (χ3v) is 4.11. The van der Waals surface area contributed by atoms with Crippen LogP contribution in [0.15, 0.2) is 18.3 Å². The van der Waals surface area contributed by atoms with Crippen LogP contribution in [0, 0.1) is 12.8 Å². The number of pyridine rings is 1. The molecule has 1 saturated heterocycles. The van der Waals surface area contributed by atoms with Gasteiger partial charge in [-0.2, -0.15) is 0 Å². The molecule has 112 valence electrons. The zero-order chi connectivity index (χ0) is 14.4. The molecule has 0 bridgehead atoms. The zero-order valence-corrected chi connectivity index (χ0v) is 13.0. The predicted octanol–water partition coefficient (Wildman–Crippen LogP) is 1.79. The fraction of sp³-hybridized carbons (Fsp3) is 0.688. The summed E-state index contributed by atoms with van der Waals surface area (Å²) in [6.07, 6.45) is 3.17. The largest absolute Gasteiger partial charge is 0.383 e. The van der Waals surface area contributed by atoms with Gasteiger partial charge < -0.3 is 14.5 Å². The van der Waals surface area contributed by atoms with Crippen LogP contribution in [0.2, 0.25) is 0 Å². The van der Waals surface area contributed by atoms with Gasteiger partial charge in [-0.3, -0.25) is 4.98 Å². The normalized spacial score (nSPS) is 19.9. The van der Waals surface area contributed by atoms with E-state index in [1.165, 1.54) is 25.1 Å². The number of rotatable bonds is 7. The first-order chi connectivity index (χ1) is 9.69. The molecule has 0 radical (unpaired) electrons. The minimum absolute atomic E-state index is 0.786. The Hall–Kier alpha value is -0.970. The number of nitrogens with zero attached hydrogens (tertiary/aromatic N) is 3. The number of aromatic nitrogens is 1. The Balaban J connectivity index is 1.75. The number of hydrogen-bond donors (Lipinski definition) is 0. The number of hydrogen-bond acceptors (Lipinski definition) is 4. The van der Waals surface area contributed by atoms with Crippen molar-refractivity contribution in [3.05, 3.63) is 29.6 Å². The van der Waals surface area contributed by atoms with Gasteiger partial charge in [-0.25, -0.2) is 0 Å². The summed E-state index contributed by atoms with van der Waals surface area (Å²) >= 11 is 0. The van der Waals surface area contributed by atoms with E-state index in [-0.39, 0.29) is 0 Å². The molecule has 0 aromatic carbocycles. The molecule has 1 aliphatic rings. The lowest BCUT2D eigenvalue weighted by Crippen LogP contribution is -2.29. The van der Waals surface area contributed by atoms with E-state index < -0.39 is 0 Å². The van der Waals surface area contributed by atoms with E-state index in [0.717, 1.165) is 37.9 Å². The lowest BCUT2D eigenvalue weighted by molar-refractivity contribution is 0.157. The lowest BCUT2D eigenvalue weighted by atomic mass is 10.1. The van der Waals surface area contributed by atoms with E-state index in [0.29, 0.717) is 0 Å². The Bertz CT molecular complexity index is 410. The fourth-order valence-corrected chi connectivity index (χ4v) is 2.97. The van der Waals surface area contributed by atoms with E-state index in [1.54, 1.807) is 7.11 Å². The molecule has 20 heavy (non-hydrogen) atoms.